The van der Waals surface area contributed by atoms with E-state index < -0.39 is 54.2 Å². The maximum absolute atomic E-state index is 12.9. The highest BCUT2D eigenvalue weighted by Gasteiger charge is 2.49. The van der Waals surface area contributed by atoms with E-state index in [1.165, 1.54) is 11.3 Å². The first kappa shape index (κ1) is 24.4. The third kappa shape index (κ3) is 6.18. The van der Waals surface area contributed by atoms with Crippen LogP contribution in [0.15, 0.2) is 17.5 Å². The third-order valence-corrected chi connectivity index (χ3v) is 7.12. The number of carbonyl (C=O) groups excluding carboxylic acids is 3. The van der Waals surface area contributed by atoms with E-state index in [1.54, 1.807) is 12.1 Å². The molecule has 10 nitrogen and oxygen atoms in total. The van der Waals surface area contributed by atoms with Crippen molar-refractivity contribution in [1.82, 2.24) is 16.0 Å². The molecule has 0 bridgehead atoms. The fourth-order valence-electron chi connectivity index (χ4n) is 4.41. The van der Waals surface area contributed by atoms with Crippen molar-refractivity contribution in [3.05, 3.63) is 22.4 Å². The number of thiophene rings is 1. The van der Waals surface area contributed by atoms with Crippen molar-refractivity contribution in [2.45, 2.75) is 87.3 Å². The summed E-state index contributed by atoms with van der Waals surface area (Å²) in [5, 5.41) is 41.3. The van der Waals surface area contributed by atoms with Crippen LogP contribution in [-0.4, -0.2) is 69.1 Å². The largest absolute Gasteiger partial charge is 0.390 e. The van der Waals surface area contributed by atoms with Crippen molar-refractivity contribution in [2.24, 2.45) is 5.73 Å². The first-order chi connectivity index (χ1) is 15.2. The van der Waals surface area contributed by atoms with Crippen LogP contribution in [-0.2, 0) is 16.0 Å². The minimum absolute atomic E-state index is 0.0326. The SMILES string of the molecule is NC(=O)[C@H](Cc1cccs1)NC(=O)[C@]1(O)C[C@@H](O)[C@H](O)[C@@H](NC(=O)NC2CCCCC2)C1. The Morgan fingerprint density at radius 3 is 2.50 bits per heavy atom. The minimum atomic E-state index is -2.09. The summed E-state index contributed by atoms with van der Waals surface area (Å²) in [4.78, 5) is 37.9. The topological polar surface area (TPSA) is 174 Å². The van der Waals surface area contributed by atoms with Gasteiger partial charge in [0.15, 0.2) is 0 Å². The molecule has 11 heteroatoms. The molecule has 4 amide bonds. The van der Waals surface area contributed by atoms with Crippen LogP contribution in [0.1, 0.15) is 49.8 Å². The molecule has 3 rings (SSSR count). The highest BCUT2D eigenvalue weighted by molar-refractivity contribution is 7.09. The van der Waals surface area contributed by atoms with Crippen molar-refractivity contribution < 1.29 is 29.7 Å². The third-order valence-electron chi connectivity index (χ3n) is 6.22. The number of primary amides is 1. The smallest absolute Gasteiger partial charge is 0.315 e. The van der Waals surface area contributed by atoms with Crippen molar-refractivity contribution >= 4 is 29.2 Å². The van der Waals surface area contributed by atoms with Gasteiger partial charge in [-0.25, -0.2) is 4.79 Å². The molecule has 0 aliphatic heterocycles. The van der Waals surface area contributed by atoms with Crippen LogP contribution in [0.3, 0.4) is 0 Å². The summed E-state index contributed by atoms with van der Waals surface area (Å²) >= 11 is 1.40. The zero-order chi connectivity index (χ0) is 23.3. The Balaban J connectivity index is 1.63. The number of aliphatic hydroxyl groups excluding tert-OH is 2. The molecule has 5 atom stereocenters. The fraction of sp³-hybridized carbons (Fsp3) is 0.667. The number of rotatable bonds is 7. The van der Waals surface area contributed by atoms with Gasteiger partial charge in [-0.3, -0.25) is 9.59 Å². The van der Waals surface area contributed by atoms with E-state index in [0.29, 0.717) is 0 Å². The molecule has 2 aliphatic rings. The summed E-state index contributed by atoms with van der Waals surface area (Å²) in [6.07, 6.45) is 1.56. The van der Waals surface area contributed by atoms with Gasteiger partial charge >= 0.3 is 6.03 Å². The van der Waals surface area contributed by atoms with Gasteiger partial charge in [0.2, 0.25) is 5.91 Å². The lowest BCUT2D eigenvalue weighted by Crippen LogP contribution is -2.65. The number of carbonyl (C=O) groups is 3. The Hall–Kier alpha value is -2.21. The molecule has 0 radical (unpaired) electrons. The lowest BCUT2D eigenvalue weighted by Gasteiger charge is -2.42. The van der Waals surface area contributed by atoms with Gasteiger partial charge in [-0.1, -0.05) is 25.3 Å². The Labute approximate surface area is 190 Å². The Morgan fingerprint density at radius 1 is 1.16 bits per heavy atom. The summed E-state index contributed by atoms with van der Waals surface area (Å²) in [6, 6.07) is 1.02. The zero-order valence-electron chi connectivity index (χ0n) is 17.8. The van der Waals surface area contributed by atoms with Gasteiger partial charge in [-0.05, 0) is 24.3 Å². The number of hydrogen-bond acceptors (Lipinski definition) is 7. The molecular weight excluding hydrogens is 436 g/mol. The van der Waals surface area contributed by atoms with Gasteiger partial charge in [-0.15, -0.1) is 11.3 Å². The molecule has 0 spiro atoms. The number of hydrogen-bond donors (Lipinski definition) is 7. The van der Waals surface area contributed by atoms with E-state index in [1.807, 2.05) is 5.38 Å². The van der Waals surface area contributed by atoms with Crippen molar-refractivity contribution in [3.8, 4) is 0 Å². The highest BCUT2D eigenvalue weighted by atomic mass is 32.1. The average Bonchev–Trinajstić information content (AvgIpc) is 3.25. The molecule has 2 fully saturated rings. The summed E-state index contributed by atoms with van der Waals surface area (Å²) in [5.74, 6) is -1.64. The van der Waals surface area contributed by atoms with Gasteiger partial charge in [0.05, 0.1) is 12.1 Å². The number of nitrogens with two attached hydrogens (primary N) is 1. The first-order valence-corrected chi connectivity index (χ1v) is 11.8. The van der Waals surface area contributed by atoms with Gasteiger partial charge in [-0.2, -0.15) is 0 Å². The molecule has 0 unspecified atom stereocenters. The second-order valence-electron chi connectivity index (χ2n) is 8.77. The average molecular weight is 469 g/mol. The molecule has 2 aliphatic carbocycles. The van der Waals surface area contributed by atoms with E-state index in [-0.39, 0.29) is 18.9 Å². The predicted octanol–water partition coefficient (Wildman–Crippen LogP) is -0.492. The van der Waals surface area contributed by atoms with Crippen LogP contribution in [0.25, 0.3) is 0 Å². The van der Waals surface area contributed by atoms with Crippen LogP contribution in [0.2, 0.25) is 0 Å². The summed E-state index contributed by atoms with van der Waals surface area (Å²) in [7, 11) is 0. The van der Waals surface area contributed by atoms with Crippen molar-refractivity contribution in [2.75, 3.05) is 0 Å². The monoisotopic (exact) mass is 468 g/mol. The molecule has 1 aromatic rings. The maximum atomic E-state index is 12.9. The Morgan fingerprint density at radius 2 is 1.88 bits per heavy atom. The molecule has 178 valence electrons. The molecule has 2 saturated carbocycles. The van der Waals surface area contributed by atoms with E-state index >= 15 is 0 Å². The quantitative estimate of drug-likeness (QED) is 0.284. The predicted molar refractivity (Wildman–Crippen MR) is 118 cm³/mol. The van der Waals surface area contributed by atoms with Gasteiger partial charge in [0.25, 0.3) is 5.91 Å². The number of aliphatic hydroxyl groups is 3. The molecule has 1 heterocycles. The molecule has 0 aromatic carbocycles. The van der Waals surface area contributed by atoms with Gasteiger partial charge in [0.1, 0.15) is 17.7 Å². The second-order valence-corrected chi connectivity index (χ2v) is 9.80. The van der Waals surface area contributed by atoms with Crippen LogP contribution in [0, 0.1) is 0 Å². The van der Waals surface area contributed by atoms with E-state index in [2.05, 4.69) is 16.0 Å². The second kappa shape index (κ2) is 10.6. The summed E-state index contributed by atoms with van der Waals surface area (Å²) in [6.45, 7) is 0. The summed E-state index contributed by atoms with van der Waals surface area (Å²) in [5.41, 5.74) is 3.33. The normalized spacial score (nSPS) is 29.7. The Bertz CT molecular complexity index is 800. The molecule has 32 heavy (non-hydrogen) atoms. The number of nitrogens with one attached hydrogen (secondary N) is 3. The summed E-state index contributed by atoms with van der Waals surface area (Å²) < 4.78 is 0. The molecular formula is C21H32N4O6S. The lowest BCUT2D eigenvalue weighted by molar-refractivity contribution is -0.158. The lowest BCUT2D eigenvalue weighted by atomic mass is 9.77. The Kier molecular flexibility index (Phi) is 8.10. The van der Waals surface area contributed by atoms with E-state index in [9.17, 15) is 29.7 Å². The first-order valence-electron chi connectivity index (χ1n) is 11.0. The minimum Gasteiger partial charge on any atom is -0.390 e. The number of urea groups is 1. The molecule has 0 saturated heterocycles. The standard InChI is InChI=1S/C21H32N4O6S/c22-18(28)14(9-13-7-4-8-32-13)24-19(29)21(31)10-15(17(27)16(26)11-21)25-20(30)23-12-5-2-1-3-6-12/h4,7-8,12,14-17,26-27,31H,1-3,5-6,9-11H2,(H2,22,28)(H,24,29)(H2,23,25,30)/t14-,15-,16+,17+,21+/m0/s1. The van der Waals surface area contributed by atoms with Crippen LogP contribution in [0.5, 0.6) is 0 Å². The van der Waals surface area contributed by atoms with Crippen LogP contribution in [0.4, 0.5) is 4.79 Å². The van der Waals surface area contributed by atoms with E-state index in [0.717, 1.165) is 37.0 Å². The van der Waals surface area contributed by atoms with Gasteiger partial charge < -0.3 is 37.0 Å². The van der Waals surface area contributed by atoms with E-state index in [4.69, 9.17) is 5.73 Å². The van der Waals surface area contributed by atoms with Crippen LogP contribution >= 0.6 is 11.3 Å². The van der Waals surface area contributed by atoms with Crippen molar-refractivity contribution in [1.29, 1.82) is 0 Å². The van der Waals surface area contributed by atoms with Crippen molar-refractivity contribution in [3.63, 3.8) is 0 Å². The molecule has 1 aromatic heterocycles. The fourth-order valence-corrected chi connectivity index (χ4v) is 5.16. The van der Waals surface area contributed by atoms with Gasteiger partial charge in [0, 0.05) is 30.2 Å². The molecule has 8 N–H and O–H groups in total. The zero-order valence-corrected chi connectivity index (χ0v) is 18.6. The number of amides is 4. The highest BCUT2D eigenvalue weighted by Crippen LogP contribution is 2.30. The maximum Gasteiger partial charge on any atom is 0.315 e. The van der Waals surface area contributed by atoms with Crippen LogP contribution < -0.4 is 21.7 Å².